The Labute approximate surface area is 85.2 Å². The van der Waals surface area contributed by atoms with E-state index in [0.29, 0.717) is 10.9 Å². The molecular weight excluding hydrogens is 194 g/mol. The fraction of sp³-hybridized carbons (Fsp3) is 0. The van der Waals surface area contributed by atoms with Gasteiger partial charge in [-0.1, -0.05) is 12.1 Å². The molecule has 0 unspecified atom stereocenters. The smallest absolute Gasteiger partial charge is 0.243 e. The van der Waals surface area contributed by atoms with E-state index >= 15 is 0 Å². The number of hydrogen-bond acceptors (Lipinski definition) is 5. The van der Waals surface area contributed by atoms with Gasteiger partial charge in [-0.3, -0.25) is 15.0 Å². The summed E-state index contributed by atoms with van der Waals surface area (Å²) < 4.78 is 0. The number of nitrogens with two attached hydrogens (primary N) is 1. The van der Waals surface area contributed by atoms with E-state index in [0.717, 1.165) is 5.22 Å². The Morgan fingerprint density at radius 1 is 1.40 bits per heavy atom. The molecule has 5 heteroatoms. The van der Waals surface area contributed by atoms with Gasteiger partial charge in [-0.05, 0) is 6.07 Å². The number of carbonyl (C=O) groups is 2. The summed E-state index contributed by atoms with van der Waals surface area (Å²) in [4.78, 5) is 21.7. The minimum Gasteiger partial charge on any atom is -0.398 e. The molecule has 0 aliphatic carbocycles. The highest BCUT2D eigenvalue weighted by atomic mass is 16.2. The van der Waals surface area contributed by atoms with Crippen molar-refractivity contribution in [1.82, 2.24) is 10.9 Å². The first-order valence-corrected chi connectivity index (χ1v) is 4.34. The molecule has 4 N–H and O–H groups in total. The summed E-state index contributed by atoms with van der Waals surface area (Å²) >= 11 is 0. The molecule has 0 spiro atoms. The van der Waals surface area contributed by atoms with Gasteiger partial charge >= 0.3 is 0 Å². The van der Waals surface area contributed by atoms with Crippen molar-refractivity contribution in [2.45, 2.75) is 0 Å². The van der Waals surface area contributed by atoms with E-state index in [-0.39, 0.29) is 12.0 Å². The number of ketones is 1. The Morgan fingerprint density at radius 3 is 2.93 bits per heavy atom. The van der Waals surface area contributed by atoms with E-state index in [4.69, 9.17) is 5.73 Å². The molecule has 0 amide bonds. The zero-order valence-electron chi connectivity index (χ0n) is 7.78. The highest BCUT2D eigenvalue weighted by Crippen LogP contribution is 1.94. The van der Waals surface area contributed by atoms with Gasteiger partial charge in [0.15, 0.2) is 6.29 Å². The lowest BCUT2D eigenvalue weighted by molar-refractivity contribution is -0.126. The number of fused-ring (bicyclic) bond motifs is 1. The topological polar surface area (TPSA) is 84.2 Å². The van der Waals surface area contributed by atoms with Crippen LogP contribution in [0.2, 0.25) is 0 Å². The summed E-state index contributed by atoms with van der Waals surface area (Å²) in [6, 6.07) is 5.26. The molecule has 1 aromatic carbocycles. The van der Waals surface area contributed by atoms with E-state index < -0.39 is 5.78 Å². The van der Waals surface area contributed by atoms with Crippen LogP contribution in [0.5, 0.6) is 0 Å². The maximum Gasteiger partial charge on any atom is 0.243 e. The second-order valence-electron chi connectivity index (χ2n) is 3.08. The molecule has 0 fully saturated rings. The van der Waals surface area contributed by atoms with Crippen LogP contribution < -0.4 is 27.0 Å². The van der Waals surface area contributed by atoms with Crippen molar-refractivity contribution in [2.24, 2.45) is 0 Å². The van der Waals surface area contributed by atoms with E-state index in [2.05, 4.69) is 10.9 Å². The molecule has 0 aromatic heterocycles. The number of hydrazine groups is 1. The number of Topliss-reactive ketones (excluding diaryl/α,β-unsaturated/α-hetero) is 1. The van der Waals surface area contributed by atoms with Crippen LogP contribution in [-0.4, -0.2) is 12.1 Å². The lowest BCUT2D eigenvalue weighted by atomic mass is 10.1. The van der Waals surface area contributed by atoms with Gasteiger partial charge in [0, 0.05) is 22.3 Å². The minimum atomic E-state index is -0.630. The standard InChI is InChI=1S/C10H9N3O2/c11-7-3-1-2-6-4-12-13-10(9(6)7)8(15)5-14/h1-5,12-13H,11H2. The molecule has 0 saturated heterocycles. The van der Waals surface area contributed by atoms with E-state index in [1.165, 1.54) is 0 Å². The Balaban J connectivity index is 2.87. The molecule has 15 heavy (non-hydrogen) atoms. The van der Waals surface area contributed by atoms with Crippen LogP contribution in [0.25, 0.3) is 11.9 Å². The number of rotatable bonds is 2. The first-order chi connectivity index (χ1) is 7.24. The molecule has 0 atom stereocenters. The molecule has 0 bridgehead atoms. The maximum absolute atomic E-state index is 11.3. The van der Waals surface area contributed by atoms with Gasteiger partial charge in [0.1, 0.15) is 5.70 Å². The Bertz CT molecular complexity index is 548. The van der Waals surface area contributed by atoms with E-state index in [1.54, 1.807) is 24.4 Å². The minimum absolute atomic E-state index is 0.181. The number of aldehydes is 1. The number of carbonyl (C=O) groups excluding carboxylic acids is 2. The predicted octanol–water partition coefficient (Wildman–Crippen LogP) is -2.01. The van der Waals surface area contributed by atoms with Crippen LogP contribution >= 0.6 is 0 Å². The molecule has 76 valence electrons. The third kappa shape index (κ3) is 1.43. The summed E-state index contributed by atoms with van der Waals surface area (Å²) in [5.74, 6) is -0.630. The van der Waals surface area contributed by atoms with Crippen LogP contribution in [0.3, 0.4) is 0 Å². The number of hydrogen-bond donors (Lipinski definition) is 3. The van der Waals surface area contributed by atoms with Crippen molar-refractivity contribution in [1.29, 1.82) is 0 Å². The van der Waals surface area contributed by atoms with Crippen molar-refractivity contribution < 1.29 is 9.59 Å². The Morgan fingerprint density at radius 2 is 2.20 bits per heavy atom. The van der Waals surface area contributed by atoms with Gasteiger partial charge < -0.3 is 11.2 Å². The number of anilines is 1. The normalized spacial score (nSPS) is 12.9. The van der Waals surface area contributed by atoms with Gasteiger partial charge in [0.05, 0.1) is 0 Å². The summed E-state index contributed by atoms with van der Waals surface area (Å²) in [7, 11) is 0. The van der Waals surface area contributed by atoms with E-state index in [1.807, 2.05) is 0 Å². The second-order valence-corrected chi connectivity index (χ2v) is 3.08. The Kier molecular flexibility index (Phi) is 2.13. The zero-order chi connectivity index (χ0) is 10.8. The van der Waals surface area contributed by atoms with Crippen LogP contribution in [0.4, 0.5) is 5.69 Å². The monoisotopic (exact) mass is 203 g/mol. The van der Waals surface area contributed by atoms with Gasteiger partial charge in [0.25, 0.3) is 0 Å². The average molecular weight is 203 g/mol. The number of benzene rings is 1. The molecule has 1 heterocycles. The summed E-state index contributed by atoms with van der Waals surface area (Å²) in [5.41, 5.74) is 11.7. The fourth-order valence-electron chi connectivity index (χ4n) is 1.49. The van der Waals surface area contributed by atoms with Crippen LogP contribution in [0, 0.1) is 0 Å². The summed E-state index contributed by atoms with van der Waals surface area (Å²) in [5, 5.41) is 1.34. The molecule has 1 aliphatic heterocycles. The van der Waals surface area contributed by atoms with Gasteiger partial charge in [-0.25, -0.2) is 0 Å². The van der Waals surface area contributed by atoms with Gasteiger partial charge in [0.2, 0.25) is 5.78 Å². The molecule has 2 rings (SSSR count). The fourth-order valence-corrected chi connectivity index (χ4v) is 1.49. The summed E-state index contributed by atoms with van der Waals surface area (Å²) in [6.45, 7) is 0. The lowest BCUT2D eigenvalue weighted by Crippen LogP contribution is -2.46. The molecule has 5 nitrogen and oxygen atoms in total. The lowest BCUT2D eigenvalue weighted by Gasteiger charge is -2.13. The van der Waals surface area contributed by atoms with Crippen molar-refractivity contribution in [3.05, 3.63) is 28.6 Å². The largest absolute Gasteiger partial charge is 0.398 e. The van der Waals surface area contributed by atoms with Crippen LogP contribution in [0.1, 0.15) is 0 Å². The Hall–Kier alpha value is -2.30. The van der Waals surface area contributed by atoms with Crippen molar-refractivity contribution in [3.63, 3.8) is 0 Å². The highest BCUT2D eigenvalue weighted by molar-refractivity contribution is 6.43. The number of nitrogens with one attached hydrogen (secondary N) is 2. The average Bonchev–Trinajstić information content (AvgIpc) is 2.28. The first kappa shape index (κ1) is 9.26. The quantitative estimate of drug-likeness (QED) is 0.294. The third-order valence-corrected chi connectivity index (χ3v) is 2.16. The molecule has 1 aromatic rings. The van der Waals surface area contributed by atoms with Gasteiger partial charge in [-0.15, -0.1) is 0 Å². The zero-order valence-corrected chi connectivity index (χ0v) is 7.78. The van der Waals surface area contributed by atoms with E-state index in [9.17, 15) is 9.59 Å². The van der Waals surface area contributed by atoms with Crippen LogP contribution in [-0.2, 0) is 9.59 Å². The molecule has 0 saturated carbocycles. The van der Waals surface area contributed by atoms with Crippen molar-refractivity contribution in [3.8, 4) is 0 Å². The second kappa shape index (κ2) is 3.45. The SMILES string of the molecule is Nc1cccc2c1=C(C(=O)C=O)NNC=2. The predicted molar refractivity (Wildman–Crippen MR) is 55.3 cm³/mol. The molecule has 0 radical (unpaired) electrons. The summed E-state index contributed by atoms with van der Waals surface area (Å²) in [6.07, 6.45) is 1.93. The molecule has 1 aliphatic rings. The first-order valence-electron chi connectivity index (χ1n) is 4.34. The molecular formula is C10H9N3O2. The van der Waals surface area contributed by atoms with Crippen molar-refractivity contribution >= 4 is 29.7 Å². The highest BCUT2D eigenvalue weighted by Gasteiger charge is 2.13. The maximum atomic E-state index is 11.3. The van der Waals surface area contributed by atoms with Crippen molar-refractivity contribution in [2.75, 3.05) is 5.73 Å². The number of nitrogen functional groups attached to an aromatic ring is 1. The van der Waals surface area contributed by atoms with Crippen LogP contribution in [0.15, 0.2) is 18.2 Å². The van der Waals surface area contributed by atoms with Gasteiger partial charge in [-0.2, -0.15) is 0 Å². The third-order valence-electron chi connectivity index (χ3n) is 2.16.